The van der Waals surface area contributed by atoms with Gasteiger partial charge in [-0.15, -0.1) is 0 Å². The van der Waals surface area contributed by atoms with Gasteiger partial charge in [-0.25, -0.2) is 4.68 Å². The molecular formula is C21H25F3N4O. The van der Waals surface area contributed by atoms with Crippen molar-refractivity contribution in [2.75, 3.05) is 18.4 Å². The van der Waals surface area contributed by atoms with E-state index >= 15 is 0 Å². The molecule has 4 unspecified atom stereocenters. The number of likely N-dealkylation sites (tertiary alicyclic amines) is 1. The molecule has 29 heavy (non-hydrogen) atoms. The summed E-state index contributed by atoms with van der Waals surface area (Å²) in [4.78, 5) is 14.9. The molecule has 1 amide bonds. The zero-order chi connectivity index (χ0) is 20.8. The van der Waals surface area contributed by atoms with Gasteiger partial charge in [0.2, 0.25) is 0 Å². The van der Waals surface area contributed by atoms with Crippen molar-refractivity contribution in [1.29, 1.82) is 0 Å². The van der Waals surface area contributed by atoms with E-state index < -0.39 is 18.3 Å². The Hall–Kier alpha value is -2.51. The number of nitrogens with zero attached hydrogens (tertiary/aromatic N) is 3. The van der Waals surface area contributed by atoms with Gasteiger partial charge in [-0.2, -0.15) is 18.3 Å². The second kappa shape index (κ2) is 7.39. The van der Waals surface area contributed by atoms with Crippen LogP contribution in [0.3, 0.4) is 0 Å². The maximum absolute atomic E-state index is 13.8. The van der Waals surface area contributed by atoms with Crippen LogP contribution in [0.5, 0.6) is 0 Å². The number of aromatic nitrogens is 2. The molecule has 8 heteroatoms. The Morgan fingerprint density at radius 1 is 1.10 bits per heavy atom. The van der Waals surface area contributed by atoms with E-state index in [1.54, 1.807) is 29.2 Å². The van der Waals surface area contributed by atoms with Crippen LogP contribution in [-0.4, -0.2) is 39.9 Å². The summed E-state index contributed by atoms with van der Waals surface area (Å²) in [5, 5.41) is 7.13. The van der Waals surface area contributed by atoms with Crippen LogP contribution in [0.2, 0.25) is 0 Å². The summed E-state index contributed by atoms with van der Waals surface area (Å²) in [6.07, 6.45) is -2.31. The van der Waals surface area contributed by atoms with E-state index in [1.165, 1.54) is 6.20 Å². The van der Waals surface area contributed by atoms with Gasteiger partial charge in [0.25, 0.3) is 5.91 Å². The van der Waals surface area contributed by atoms with E-state index in [9.17, 15) is 18.0 Å². The monoisotopic (exact) mass is 406 g/mol. The molecule has 1 N–H and O–H groups in total. The Balaban J connectivity index is 1.69. The van der Waals surface area contributed by atoms with E-state index in [4.69, 9.17) is 0 Å². The summed E-state index contributed by atoms with van der Waals surface area (Å²) in [6, 6.07) is 6.70. The average Bonchev–Trinajstić information content (AvgIpc) is 3.09. The second-order valence-electron chi connectivity index (χ2n) is 8.41. The normalized spacial score (nSPS) is 27.3. The molecule has 0 spiro atoms. The van der Waals surface area contributed by atoms with Crippen LogP contribution < -0.4 is 5.32 Å². The third kappa shape index (κ3) is 3.84. The molecule has 0 bridgehead atoms. The molecule has 2 aromatic rings. The lowest BCUT2D eigenvalue weighted by Crippen LogP contribution is -2.43. The van der Waals surface area contributed by atoms with Crippen LogP contribution in [0, 0.1) is 11.8 Å². The predicted molar refractivity (Wildman–Crippen MR) is 104 cm³/mol. The molecule has 2 aliphatic rings. The molecule has 0 radical (unpaired) electrons. The highest BCUT2D eigenvalue weighted by molar-refractivity contribution is 5.99. The maximum Gasteiger partial charge on any atom is 0.410 e. The van der Waals surface area contributed by atoms with Crippen LogP contribution >= 0.6 is 0 Å². The zero-order valence-corrected chi connectivity index (χ0v) is 16.5. The summed E-state index contributed by atoms with van der Waals surface area (Å²) in [7, 11) is 0. The summed E-state index contributed by atoms with van der Waals surface area (Å²) in [5.74, 6) is 0.624. The first-order chi connectivity index (χ1) is 13.7. The van der Waals surface area contributed by atoms with Gasteiger partial charge in [0.1, 0.15) is 11.4 Å². The average molecular weight is 406 g/mol. The third-order valence-corrected chi connectivity index (χ3v) is 5.83. The number of nitrogens with one attached hydrogen (secondary N) is 1. The maximum atomic E-state index is 13.8. The van der Waals surface area contributed by atoms with Crippen LogP contribution in [0.25, 0.3) is 0 Å². The fourth-order valence-electron chi connectivity index (χ4n) is 4.62. The van der Waals surface area contributed by atoms with E-state index in [1.807, 2.05) is 6.07 Å². The number of halogens is 3. The van der Waals surface area contributed by atoms with E-state index in [-0.39, 0.29) is 23.7 Å². The minimum absolute atomic E-state index is 0.156. The first-order valence-electron chi connectivity index (χ1n) is 9.99. The number of hydrogen-bond acceptors (Lipinski definition) is 3. The smallest absolute Gasteiger partial charge is 0.363 e. The van der Waals surface area contributed by atoms with Gasteiger partial charge in [-0.1, -0.05) is 44.2 Å². The molecule has 1 fully saturated rings. The minimum atomic E-state index is -4.45. The Kier molecular flexibility index (Phi) is 5.04. The van der Waals surface area contributed by atoms with Crippen LogP contribution in [0.15, 0.2) is 36.5 Å². The third-order valence-electron chi connectivity index (χ3n) is 5.83. The van der Waals surface area contributed by atoms with Gasteiger partial charge in [-0.3, -0.25) is 4.79 Å². The fourth-order valence-corrected chi connectivity index (χ4v) is 4.62. The Morgan fingerprint density at radius 3 is 2.38 bits per heavy atom. The number of fused-ring (bicyclic) bond motifs is 1. The number of amides is 1. The highest BCUT2D eigenvalue weighted by atomic mass is 19.4. The number of rotatable bonds is 2. The molecular weight excluding hydrogens is 381 g/mol. The second-order valence-corrected chi connectivity index (χ2v) is 8.41. The Labute approximate surface area is 167 Å². The number of benzene rings is 1. The molecule has 4 atom stereocenters. The minimum Gasteiger partial charge on any atom is -0.363 e. The zero-order valence-electron chi connectivity index (χ0n) is 16.5. The fraction of sp³-hybridized carbons (Fsp3) is 0.524. The largest absolute Gasteiger partial charge is 0.410 e. The molecule has 0 aliphatic carbocycles. The first kappa shape index (κ1) is 19.8. The number of anilines is 1. The van der Waals surface area contributed by atoms with Crippen molar-refractivity contribution in [1.82, 2.24) is 14.7 Å². The molecule has 2 aliphatic heterocycles. The van der Waals surface area contributed by atoms with Gasteiger partial charge in [0.05, 0.1) is 12.2 Å². The summed E-state index contributed by atoms with van der Waals surface area (Å²) < 4.78 is 42.3. The number of piperidine rings is 1. The van der Waals surface area contributed by atoms with Gasteiger partial charge in [0, 0.05) is 19.5 Å². The SMILES string of the molecule is CC1CC(C)CN(C(=O)c2cnn3c2NC(c2ccccc2)CC3C(F)(F)F)C1. The lowest BCUT2D eigenvalue weighted by atomic mass is 9.91. The quantitative estimate of drug-likeness (QED) is 0.789. The topological polar surface area (TPSA) is 50.2 Å². The lowest BCUT2D eigenvalue weighted by molar-refractivity contribution is -0.173. The van der Waals surface area contributed by atoms with Crippen LogP contribution in [0.1, 0.15) is 54.7 Å². The predicted octanol–water partition coefficient (Wildman–Crippen LogP) is 4.66. The van der Waals surface area contributed by atoms with Crippen molar-refractivity contribution in [3.63, 3.8) is 0 Å². The molecule has 1 aromatic carbocycles. The molecule has 4 rings (SSSR count). The van der Waals surface area contributed by atoms with Crippen LogP contribution in [0.4, 0.5) is 19.0 Å². The van der Waals surface area contributed by atoms with Gasteiger partial charge >= 0.3 is 6.18 Å². The van der Waals surface area contributed by atoms with E-state index in [2.05, 4.69) is 24.3 Å². The molecule has 1 aromatic heterocycles. The summed E-state index contributed by atoms with van der Waals surface area (Å²) >= 11 is 0. The summed E-state index contributed by atoms with van der Waals surface area (Å²) in [6.45, 7) is 5.40. The van der Waals surface area contributed by atoms with Gasteiger partial charge in [-0.05, 0) is 23.8 Å². The molecule has 3 heterocycles. The number of hydrogen-bond donors (Lipinski definition) is 1. The first-order valence-corrected chi connectivity index (χ1v) is 9.99. The number of alkyl halides is 3. The molecule has 5 nitrogen and oxygen atoms in total. The van der Waals surface area contributed by atoms with Crippen molar-refractivity contribution >= 4 is 11.7 Å². The van der Waals surface area contributed by atoms with Crippen molar-refractivity contribution in [3.05, 3.63) is 47.7 Å². The number of carbonyl (C=O) groups is 1. The van der Waals surface area contributed by atoms with Crippen molar-refractivity contribution in [2.24, 2.45) is 11.8 Å². The van der Waals surface area contributed by atoms with E-state index in [0.29, 0.717) is 24.9 Å². The van der Waals surface area contributed by atoms with Crippen molar-refractivity contribution in [3.8, 4) is 0 Å². The van der Waals surface area contributed by atoms with Gasteiger partial charge < -0.3 is 10.2 Å². The lowest BCUT2D eigenvalue weighted by Gasteiger charge is -2.36. The van der Waals surface area contributed by atoms with Crippen molar-refractivity contribution in [2.45, 2.75) is 44.9 Å². The summed E-state index contributed by atoms with van der Waals surface area (Å²) in [5.41, 5.74) is 0.967. The van der Waals surface area contributed by atoms with E-state index in [0.717, 1.165) is 16.7 Å². The number of carbonyl (C=O) groups excluding carboxylic acids is 1. The Morgan fingerprint density at radius 2 is 1.76 bits per heavy atom. The molecule has 156 valence electrons. The molecule has 0 saturated carbocycles. The Bertz CT molecular complexity index is 870. The van der Waals surface area contributed by atoms with Crippen LogP contribution in [-0.2, 0) is 0 Å². The van der Waals surface area contributed by atoms with Gasteiger partial charge in [0.15, 0.2) is 6.04 Å². The van der Waals surface area contributed by atoms with Crippen molar-refractivity contribution < 1.29 is 18.0 Å². The molecule has 1 saturated heterocycles. The highest BCUT2D eigenvalue weighted by Gasteiger charge is 2.47. The standard InChI is InChI=1S/C21H25F3N4O/c1-13-8-14(2)12-27(11-13)20(29)16-10-25-28-18(21(22,23)24)9-17(26-19(16)28)15-6-4-3-5-7-15/h3-7,10,13-14,17-18,26H,8-9,11-12H2,1-2H3. The highest BCUT2D eigenvalue weighted by Crippen LogP contribution is 2.44.